The highest BCUT2D eigenvalue weighted by molar-refractivity contribution is 9.10. The molecular weight excluding hydrogens is 297 g/mol. The van der Waals surface area contributed by atoms with Crippen LogP contribution in [0.5, 0.6) is 0 Å². The summed E-state index contributed by atoms with van der Waals surface area (Å²) in [5.41, 5.74) is 0.943. The summed E-state index contributed by atoms with van der Waals surface area (Å²) in [7, 11) is 0. The first-order valence-electron chi connectivity index (χ1n) is 6.29. The van der Waals surface area contributed by atoms with E-state index >= 15 is 0 Å². The second-order valence-electron chi connectivity index (χ2n) is 5.40. The van der Waals surface area contributed by atoms with Gasteiger partial charge in [0.1, 0.15) is 5.82 Å². The second kappa shape index (κ2) is 5.68. The van der Waals surface area contributed by atoms with E-state index in [4.69, 9.17) is 4.74 Å². The maximum Gasteiger partial charge on any atom is 0.123 e. The summed E-state index contributed by atoms with van der Waals surface area (Å²) in [6.45, 7) is 5.71. The molecule has 1 atom stereocenters. The van der Waals surface area contributed by atoms with Crippen LogP contribution < -0.4 is 5.32 Å². The molecule has 1 fully saturated rings. The average Bonchev–Trinajstić information content (AvgIpc) is 2.63. The van der Waals surface area contributed by atoms with Crippen LogP contribution in [-0.2, 0) is 11.3 Å². The van der Waals surface area contributed by atoms with Crippen molar-refractivity contribution in [3.05, 3.63) is 34.1 Å². The van der Waals surface area contributed by atoms with Crippen molar-refractivity contribution in [2.24, 2.45) is 0 Å². The second-order valence-corrected chi connectivity index (χ2v) is 6.26. The van der Waals surface area contributed by atoms with Crippen molar-refractivity contribution in [1.82, 2.24) is 5.32 Å². The Balaban J connectivity index is 1.80. The lowest BCUT2D eigenvalue weighted by Gasteiger charge is -2.19. The highest BCUT2D eigenvalue weighted by Crippen LogP contribution is 2.28. The molecule has 1 aromatic rings. The lowest BCUT2D eigenvalue weighted by atomic mass is 10.1. The molecule has 0 saturated carbocycles. The summed E-state index contributed by atoms with van der Waals surface area (Å²) in [5.74, 6) is -0.201. The van der Waals surface area contributed by atoms with Gasteiger partial charge in [-0.15, -0.1) is 0 Å². The molecule has 1 heterocycles. The van der Waals surface area contributed by atoms with E-state index in [0.29, 0.717) is 6.54 Å². The van der Waals surface area contributed by atoms with Crippen LogP contribution in [0.3, 0.4) is 0 Å². The van der Waals surface area contributed by atoms with Gasteiger partial charge in [0.15, 0.2) is 0 Å². The van der Waals surface area contributed by atoms with E-state index < -0.39 is 0 Å². The van der Waals surface area contributed by atoms with Crippen LogP contribution in [-0.4, -0.2) is 18.2 Å². The van der Waals surface area contributed by atoms with E-state index in [1.807, 2.05) is 0 Å². The molecule has 0 amide bonds. The van der Waals surface area contributed by atoms with Crippen LogP contribution in [0.15, 0.2) is 22.7 Å². The zero-order valence-corrected chi connectivity index (χ0v) is 12.4. The van der Waals surface area contributed by atoms with E-state index in [1.165, 1.54) is 6.07 Å². The van der Waals surface area contributed by atoms with Crippen LogP contribution in [0.4, 0.5) is 4.39 Å². The van der Waals surface area contributed by atoms with E-state index in [-0.39, 0.29) is 17.5 Å². The Morgan fingerprint density at radius 3 is 2.94 bits per heavy atom. The Bertz CT molecular complexity index is 422. The van der Waals surface area contributed by atoms with Gasteiger partial charge >= 0.3 is 0 Å². The molecule has 1 unspecified atom stereocenters. The number of nitrogens with one attached hydrogen (secondary N) is 1. The van der Waals surface area contributed by atoms with Crippen molar-refractivity contribution < 1.29 is 9.13 Å². The van der Waals surface area contributed by atoms with Gasteiger partial charge in [-0.3, -0.25) is 0 Å². The monoisotopic (exact) mass is 315 g/mol. The van der Waals surface area contributed by atoms with Crippen LogP contribution in [0.1, 0.15) is 32.3 Å². The SMILES string of the molecule is CC1(C)CCC(CNCc2cc(F)ccc2Br)O1. The summed E-state index contributed by atoms with van der Waals surface area (Å²) >= 11 is 3.42. The fourth-order valence-electron chi connectivity index (χ4n) is 2.27. The fourth-order valence-corrected chi connectivity index (χ4v) is 2.65. The van der Waals surface area contributed by atoms with Crippen molar-refractivity contribution in [3.63, 3.8) is 0 Å². The Morgan fingerprint density at radius 2 is 2.28 bits per heavy atom. The first-order valence-corrected chi connectivity index (χ1v) is 7.08. The average molecular weight is 316 g/mol. The predicted octanol–water partition coefficient (Wildman–Crippen LogP) is 3.64. The molecule has 0 aliphatic carbocycles. The van der Waals surface area contributed by atoms with Crippen molar-refractivity contribution in [2.45, 2.75) is 44.9 Å². The van der Waals surface area contributed by atoms with E-state index in [9.17, 15) is 4.39 Å². The summed E-state index contributed by atoms with van der Waals surface area (Å²) < 4.78 is 19.9. The number of hydrogen-bond donors (Lipinski definition) is 1. The number of rotatable bonds is 4. The van der Waals surface area contributed by atoms with Gasteiger partial charge < -0.3 is 10.1 Å². The normalized spacial score (nSPS) is 22.3. The molecule has 2 rings (SSSR count). The third-order valence-corrected chi connectivity index (χ3v) is 4.02. The molecule has 1 N–H and O–H groups in total. The van der Waals surface area contributed by atoms with Crippen molar-refractivity contribution in [1.29, 1.82) is 0 Å². The topological polar surface area (TPSA) is 21.3 Å². The molecule has 0 bridgehead atoms. The maximum atomic E-state index is 13.1. The molecule has 4 heteroatoms. The number of benzene rings is 1. The minimum Gasteiger partial charge on any atom is -0.371 e. The van der Waals surface area contributed by atoms with Crippen molar-refractivity contribution >= 4 is 15.9 Å². The Kier molecular flexibility index (Phi) is 4.41. The molecule has 1 saturated heterocycles. The van der Waals surface area contributed by atoms with Crippen LogP contribution >= 0.6 is 15.9 Å². The molecule has 1 aliphatic heterocycles. The zero-order chi connectivity index (χ0) is 13.2. The van der Waals surface area contributed by atoms with Gasteiger partial charge in [0.05, 0.1) is 11.7 Å². The smallest absolute Gasteiger partial charge is 0.123 e. The van der Waals surface area contributed by atoms with Gasteiger partial charge in [-0.05, 0) is 50.5 Å². The van der Waals surface area contributed by atoms with Crippen molar-refractivity contribution in [3.8, 4) is 0 Å². The first kappa shape index (κ1) is 14.0. The predicted molar refractivity (Wildman–Crippen MR) is 74.0 cm³/mol. The molecule has 2 nitrogen and oxygen atoms in total. The van der Waals surface area contributed by atoms with Crippen molar-refractivity contribution in [2.75, 3.05) is 6.54 Å². The van der Waals surface area contributed by atoms with Gasteiger partial charge in [-0.25, -0.2) is 4.39 Å². The Labute approximate surface area is 116 Å². The molecule has 100 valence electrons. The summed E-state index contributed by atoms with van der Waals surface area (Å²) in [5, 5.41) is 3.33. The van der Waals surface area contributed by atoms with Gasteiger partial charge in [0, 0.05) is 17.6 Å². The molecule has 18 heavy (non-hydrogen) atoms. The van der Waals surface area contributed by atoms with Gasteiger partial charge in [0.2, 0.25) is 0 Å². The van der Waals surface area contributed by atoms with Gasteiger partial charge in [0.25, 0.3) is 0 Å². The zero-order valence-electron chi connectivity index (χ0n) is 10.8. The number of hydrogen-bond acceptors (Lipinski definition) is 2. The first-order chi connectivity index (χ1) is 8.46. The molecule has 1 aliphatic rings. The molecule has 0 spiro atoms. The van der Waals surface area contributed by atoms with Crippen LogP contribution in [0.2, 0.25) is 0 Å². The maximum absolute atomic E-state index is 13.1. The number of halogens is 2. The van der Waals surface area contributed by atoms with E-state index in [2.05, 4.69) is 35.1 Å². The molecule has 0 aromatic heterocycles. The standard InChI is InChI=1S/C14H19BrFNO/c1-14(2)6-5-12(18-14)9-17-8-10-7-11(16)3-4-13(10)15/h3-4,7,12,17H,5-6,8-9H2,1-2H3. The third kappa shape index (κ3) is 3.77. The molecule has 0 radical (unpaired) electrons. The minimum absolute atomic E-state index is 0.00574. The van der Waals surface area contributed by atoms with Crippen LogP contribution in [0.25, 0.3) is 0 Å². The van der Waals surface area contributed by atoms with Gasteiger partial charge in [-0.1, -0.05) is 15.9 Å². The quantitative estimate of drug-likeness (QED) is 0.916. The third-order valence-electron chi connectivity index (χ3n) is 3.25. The largest absolute Gasteiger partial charge is 0.371 e. The highest BCUT2D eigenvalue weighted by atomic mass is 79.9. The van der Waals surface area contributed by atoms with Crippen LogP contribution in [0, 0.1) is 5.82 Å². The number of ether oxygens (including phenoxy) is 1. The Hall–Kier alpha value is -0.450. The Morgan fingerprint density at radius 1 is 1.50 bits per heavy atom. The van der Waals surface area contributed by atoms with E-state index in [0.717, 1.165) is 29.4 Å². The summed E-state index contributed by atoms with van der Waals surface area (Å²) in [6, 6.07) is 4.74. The molecule has 1 aromatic carbocycles. The summed E-state index contributed by atoms with van der Waals surface area (Å²) in [4.78, 5) is 0. The summed E-state index contributed by atoms with van der Waals surface area (Å²) in [6.07, 6.45) is 2.46. The van der Waals surface area contributed by atoms with Gasteiger partial charge in [-0.2, -0.15) is 0 Å². The highest BCUT2D eigenvalue weighted by Gasteiger charge is 2.31. The fraction of sp³-hybridized carbons (Fsp3) is 0.571. The minimum atomic E-state index is -0.201. The van der Waals surface area contributed by atoms with E-state index in [1.54, 1.807) is 12.1 Å². The molecular formula is C14H19BrFNO. The lowest BCUT2D eigenvalue weighted by Crippen LogP contribution is -2.29. The lowest BCUT2D eigenvalue weighted by molar-refractivity contribution is -0.0143.